The number of hydrogen-bond donors (Lipinski definition) is 1. The minimum atomic E-state index is 0.132. The van der Waals surface area contributed by atoms with Gasteiger partial charge < -0.3 is 10.1 Å². The molecule has 0 unspecified atom stereocenters. The number of benzene rings is 1. The Morgan fingerprint density at radius 2 is 2.00 bits per heavy atom. The molecule has 0 fully saturated rings. The Bertz CT molecular complexity index is 466. The van der Waals surface area contributed by atoms with E-state index in [0.717, 1.165) is 24.2 Å². The van der Waals surface area contributed by atoms with Crippen LogP contribution < -0.4 is 10.1 Å². The lowest BCUT2D eigenvalue weighted by atomic mass is 9.83. The van der Waals surface area contributed by atoms with Crippen molar-refractivity contribution in [2.24, 2.45) is 0 Å². The number of methoxy groups -OCH3 is 1. The molecule has 2 rings (SSSR count). The number of carbonyl (C=O) groups is 1. The van der Waals surface area contributed by atoms with Crippen LogP contribution in [-0.2, 0) is 12.8 Å². The summed E-state index contributed by atoms with van der Waals surface area (Å²) in [4.78, 5) is 12.3. The lowest BCUT2D eigenvalue weighted by molar-refractivity contribution is 0.0989. The third-order valence-corrected chi connectivity index (χ3v) is 3.68. The predicted octanol–water partition coefficient (Wildman–Crippen LogP) is 2.28. The second-order valence-electron chi connectivity index (χ2n) is 4.89. The van der Waals surface area contributed by atoms with Crippen LogP contribution in [-0.4, -0.2) is 26.5 Å². The van der Waals surface area contributed by atoms with Crippen molar-refractivity contribution in [2.75, 3.05) is 20.7 Å². The minimum absolute atomic E-state index is 0.132. The zero-order valence-corrected chi connectivity index (χ0v) is 11.4. The van der Waals surface area contributed by atoms with Crippen LogP contribution in [0.2, 0.25) is 0 Å². The lowest BCUT2D eigenvalue weighted by Crippen LogP contribution is -2.22. The van der Waals surface area contributed by atoms with Crippen LogP contribution >= 0.6 is 0 Å². The molecule has 1 N–H and O–H groups in total. The number of rotatable bonds is 4. The quantitative estimate of drug-likeness (QED) is 0.830. The molecule has 1 aromatic carbocycles. The molecule has 98 valence electrons. The second-order valence-corrected chi connectivity index (χ2v) is 4.89. The first-order valence-corrected chi connectivity index (χ1v) is 6.56. The molecule has 3 nitrogen and oxygen atoms in total. The number of aryl methyl sites for hydroxylation is 1. The van der Waals surface area contributed by atoms with Gasteiger partial charge in [0.15, 0.2) is 5.78 Å². The first kappa shape index (κ1) is 13.1. The van der Waals surface area contributed by atoms with E-state index in [1.165, 1.54) is 29.5 Å². The summed E-state index contributed by atoms with van der Waals surface area (Å²) < 4.78 is 5.41. The van der Waals surface area contributed by atoms with Crippen molar-refractivity contribution in [3.8, 4) is 5.75 Å². The molecule has 0 radical (unpaired) electrons. The van der Waals surface area contributed by atoms with E-state index in [4.69, 9.17) is 4.74 Å². The van der Waals surface area contributed by atoms with Gasteiger partial charge in [-0.25, -0.2) is 0 Å². The van der Waals surface area contributed by atoms with Crippen molar-refractivity contribution in [3.05, 3.63) is 28.3 Å². The van der Waals surface area contributed by atoms with Gasteiger partial charge in [0.1, 0.15) is 5.75 Å². The van der Waals surface area contributed by atoms with E-state index in [2.05, 4.69) is 12.2 Å². The molecular weight excluding hydrogens is 226 g/mol. The Labute approximate surface area is 109 Å². The molecule has 18 heavy (non-hydrogen) atoms. The summed E-state index contributed by atoms with van der Waals surface area (Å²) in [5.74, 6) is 0.862. The Morgan fingerprint density at radius 1 is 1.33 bits per heavy atom. The Hall–Kier alpha value is -1.35. The van der Waals surface area contributed by atoms with E-state index in [9.17, 15) is 4.79 Å². The number of likely N-dealkylation sites (N-methyl/N-ethyl adjacent to an activating group) is 1. The summed E-state index contributed by atoms with van der Waals surface area (Å²) in [5.41, 5.74) is 4.63. The molecule has 0 amide bonds. The summed E-state index contributed by atoms with van der Waals surface area (Å²) in [6.07, 6.45) is 4.47. The summed E-state index contributed by atoms with van der Waals surface area (Å²) >= 11 is 0. The highest BCUT2D eigenvalue weighted by Gasteiger charge is 2.23. The third-order valence-electron chi connectivity index (χ3n) is 3.68. The largest absolute Gasteiger partial charge is 0.496 e. The van der Waals surface area contributed by atoms with Crippen molar-refractivity contribution in [1.29, 1.82) is 0 Å². The first-order valence-electron chi connectivity index (χ1n) is 6.56. The van der Waals surface area contributed by atoms with Gasteiger partial charge in [0, 0.05) is 0 Å². The van der Waals surface area contributed by atoms with E-state index in [1.54, 1.807) is 14.2 Å². The molecule has 0 spiro atoms. The summed E-state index contributed by atoms with van der Waals surface area (Å²) in [6.45, 7) is 2.48. The van der Waals surface area contributed by atoms with Crippen LogP contribution in [0.4, 0.5) is 0 Å². The third kappa shape index (κ3) is 2.27. The molecule has 3 heteroatoms. The maximum absolute atomic E-state index is 12.3. The molecule has 0 saturated carbocycles. The SMILES string of the molecule is CNCC(=O)c1c(OC)cc(C)c2c1CCCC2. The Morgan fingerprint density at radius 3 is 2.61 bits per heavy atom. The van der Waals surface area contributed by atoms with Crippen molar-refractivity contribution in [1.82, 2.24) is 5.32 Å². The molecule has 0 aromatic heterocycles. The summed E-state index contributed by atoms with van der Waals surface area (Å²) in [6, 6.07) is 2.01. The van der Waals surface area contributed by atoms with E-state index < -0.39 is 0 Å². The van der Waals surface area contributed by atoms with Crippen LogP contribution in [0, 0.1) is 6.92 Å². The smallest absolute Gasteiger partial charge is 0.180 e. The maximum Gasteiger partial charge on any atom is 0.180 e. The normalized spacial score (nSPS) is 14.2. The molecule has 1 aromatic rings. The van der Waals surface area contributed by atoms with Crippen LogP contribution in [0.5, 0.6) is 5.75 Å². The van der Waals surface area contributed by atoms with Crippen molar-refractivity contribution in [2.45, 2.75) is 32.6 Å². The molecule has 1 aliphatic carbocycles. The average molecular weight is 247 g/mol. The molecule has 0 aliphatic heterocycles. The van der Waals surface area contributed by atoms with Gasteiger partial charge in [0.05, 0.1) is 19.2 Å². The van der Waals surface area contributed by atoms with Gasteiger partial charge in [-0.1, -0.05) is 0 Å². The van der Waals surface area contributed by atoms with E-state index in [0.29, 0.717) is 6.54 Å². The zero-order chi connectivity index (χ0) is 13.1. The van der Waals surface area contributed by atoms with E-state index in [1.807, 2.05) is 6.07 Å². The number of nitrogens with one attached hydrogen (secondary N) is 1. The van der Waals surface area contributed by atoms with Gasteiger partial charge in [0.25, 0.3) is 0 Å². The van der Waals surface area contributed by atoms with Crippen LogP contribution in [0.3, 0.4) is 0 Å². The van der Waals surface area contributed by atoms with Gasteiger partial charge in [-0.3, -0.25) is 4.79 Å². The Kier molecular flexibility index (Phi) is 4.02. The molecular formula is C15H21NO2. The molecule has 0 atom stereocenters. The van der Waals surface area contributed by atoms with E-state index >= 15 is 0 Å². The molecule has 1 aliphatic rings. The monoisotopic (exact) mass is 247 g/mol. The van der Waals surface area contributed by atoms with Crippen molar-refractivity contribution >= 4 is 5.78 Å². The van der Waals surface area contributed by atoms with E-state index in [-0.39, 0.29) is 5.78 Å². The van der Waals surface area contributed by atoms with Crippen molar-refractivity contribution in [3.63, 3.8) is 0 Å². The fourth-order valence-electron chi connectivity index (χ4n) is 2.84. The Balaban J connectivity index is 2.57. The van der Waals surface area contributed by atoms with Crippen LogP contribution in [0.1, 0.15) is 39.9 Å². The topological polar surface area (TPSA) is 38.3 Å². The highest BCUT2D eigenvalue weighted by molar-refractivity contribution is 6.02. The zero-order valence-electron chi connectivity index (χ0n) is 11.4. The second kappa shape index (κ2) is 5.53. The first-order chi connectivity index (χ1) is 8.69. The number of hydrogen-bond acceptors (Lipinski definition) is 3. The summed E-state index contributed by atoms with van der Waals surface area (Å²) in [7, 11) is 3.44. The van der Waals surface area contributed by atoms with Crippen molar-refractivity contribution < 1.29 is 9.53 Å². The fraction of sp³-hybridized carbons (Fsp3) is 0.533. The number of ether oxygens (including phenoxy) is 1. The highest BCUT2D eigenvalue weighted by Crippen LogP contribution is 2.34. The van der Waals surface area contributed by atoms with Gasteiger partial charge in [-0.2, -0.15) is 0 Å². The fourth-order valence-corrected chi connectivity index (χ4v) is 2.84. The minimum Gasteiger partial charge on any atom is -0.496 e. The van der Waals surface area contributed by atoms with Crippen LogP contribution in [0.15, 0.2) is 6.07 Å². The molecule has 0 heterocycles. The molecule has 0 saturated heterocycles. The standard InChI is InChI=1S/C15H21NO2/c1-10-8-14(18-3)15(13(17)9-16-2)12-7-5-4-6-11(10)12/h8,16H,4-7,9H2,1-3H3. The molecule has 0 bridgehead atoms. The van der Waals surface area contributed by atoms with Gasteiger partial charge in [-0.15, -0.1) is 0 Å². The number of ketones is 1. The number of carbonyl (C=O) groups excluding carboxylic acids is 1. The van der Waals surface area contributed by atoms with Crippen LogP contribution in [0.25, 0.3) is 0 Å². The maximum atomic E-state index is 12.3. The average Bonchev–Trinajstić information content (AvgIpc) is 2.38. The van der Waals surface area contributed by atoms with Gasteiger partial charge in [-0.05, 0) is 62.4 Å². The van der Waals surface area contributed by atoms with Gasteiger partial charge >= 0.3 is 0 Å². The number of fused-ring (bicyclic) bond motifs is 1. The highest BCUT2D eigenvalue weighted by atomic mass is 16.5. The predicted molar refractivity (Wildman–Crippen MR) is 72.6 cm³/mol. The van der Waals surface area contributed by atoms with Gasteiger partial charge in [0.2, 0.25) is 0 Å². The number of Topliss-reactive ketones (excluding diaryl/α,β-unsaturated/α-hetero) is 1. The summed E-state index contributed by atoms with van der Waals surface area (Å²) in [5, 5.41) is 2.93. The lowest BCUT2D eigenvalue weighted by Gasteiger charge is -2.23.